The summed E-state index contributed by atoms with van der Waals surface area (Å²) in [6, 6.07) is 9.46. The Balaban J connectivity index is 2.25. The molecular formula is C14H17N3O2. The number of nitrogens with two attached hydrogens (primary N) is 1. The van der Waals surface area contributed by atoms with Gasteiger partial charge in [0, 0.05) is 0 Å². The zero-order chi connectivity index (χ0) is 13.8. The average molecular weight is 259 g/mol. The van der Waals surface area contributed by atoms with E-state index in [0.29, 0.717) is 23.4 Å². The molecule has 0 bridgehead atoms. The molecule has 1 aromatic heterocycles. The lowest BCUT2D eigenvalue weighted by Gasteiger charge is -2.10. The molecule has 0 saturated carbocycles. The van der Waals surface area contributed by atoms with Crippen molar-refractivity contribution in [2.24, 2.45) is 0 Å². The number of hydrogen-bond acceptors (Lipinski definition) is 5. The maximum atomic E-state index is 5.68. The molecule has 0 aliphatic heterocycles. The number of ether oxygens (including phenoxy) is 2. The fourth-order valence-electron chi connectivity index (χ4n) is 1.64. The summed E-state index contributed by atoms with van der Waals surface area (Å²) in [6.07, 6.45) is 0. The molecule has 0 aliphatic carbocycles. The van der Waals surface area contributed by atoms with Crippen LogP contribution in [0.25, 0.3) is 0 Å². The van der Waals surface area contributed by atoms with Crippen molar-refractivity contribution in [3.63, 3.8) is 0 Å². The predicted octanol–water partition coefficient (Wildman–Crippen LogP) is 2.98. The molecule has 1 heterocycles. The van der Waals surface area contributed by atoms with E-state index in [9.17, 15) is 0 Å². The van der Waals surface area contributed by atoms with E-state index in [1.807, 2.05) is 18.2 Å². The molecule has 0 atom stereocenters. The normalized spacial score (nSPS) is 10.5. The summed E-state index contributed by atoms with van der Waals surface area (Å²) in [6.45, 7) is 4.26. The van der Waals surface area contributed by atoms with Crippen molar-refractivity contribution in [3.8, 4) is 17.5 Å². The lowest BCUT2D eigenvalue weighted by Crippen LogP contribution is -1.99. The third-order valence-corrected chi connectivity index (χ3v) is 2.65. The highest BCUT2D eigenvalue weighted by Crippen LogP contribution is 2.26. The van der Waals surface area contributed by atoms with Crippen molar-refractivity contribution in [3.05, 3.63) is 35.9 Å². The highest BCUT2D eigenvalue weighted by Gasteiger charge is 2.06. The van der Waals surface area contributed by atoms with Crippen LogP contribution >= 0.6 is 0 Å². The van der Waals surface area contributed by atoms with Crippen LogP contribution in [0.1, 0.15) is 25.3 Å². The summed E-state index contributed by atoms with van der Waals surface area (Å²) in [4.78, 5) is 7.92. The summed E-state index contributed by atoms with van der Waals surface area (Å²) >= 11 is 0. The van der Waals surface area contributed by atoms with Crippen LogP contribution in [0.2, 0.25) is 0 Å². The monoisotopic (exact) mass is 259 g/mol. The van der Waals surface area contributed by atoms with Gasteiger partial charge in [0.1, 0.15) is 5.75 Å². The highest BCUT2D eigenvalue weighted by molar-refractivity contribution is 5.36. The second kappa shape index (κ2) is 5.56. The van der Waals surface area contributed by atoms with E-state index in [-0.39, 0.29) is 5.95 Å². The van der Waals surface area contributed by atoms with E-state index >= 15 is 0 Å². The van der Waals surface area contributed by atoms with Crippen molar-refractivity contribution < 1.29 is 9.47 Å². The molecular weight excluding hydrogens is 242 g/mol. The molecule has 0 spiro atoms. The summed E-state index contributed by atoms with van der Waals surface area (Å²) in [5, 5.41) is 0. The Kier molecular flexibility index (Phi) is 3.85. The van der Waals surface area contributed by atoms with Gasteiger partial charge >= 0.3 is 0 Å². The average Bonchev–Trinajstić information content (AvgIpc) is 2.38. The maximum Gasteiger partial charge on any atom is 0.227 e. The van der Waals surface area contributed by atoms with E-state index in [4.69, 9.17) is 15.2 Å². The number of nitrogen functional groups attached to an aromatic ring is 1. The molecule has 100 valence electrons. The summed E-state index contributed by atoms with van der Waals surface area (Å²) < 4.78 is 10.7. The molecule has 2 aromatic rings. The summed E-state index contributed by atoms with van der Waals surface area (Å²) in [5.41, 5.74) is 6.79. The van der Waals surface area contributed by atoms with Gasteiger partial charge in [-0.2, -0.15) is 9.97 Å². The lowest BCUT2D eigenvalue weighted by atomic mass is 10.0. The van der Waals surface area contributed by atoms with Gasteiger partial charge in [0.05, 0.1) is 13.2 Å². The first-order valence-corrected chi connectivity index (χ1v) is 6.05. The van der Waals surface area contributed by atoms with Gasteiger partial charge in [0.15, 0.2) is 0 Å². The molecule has 19 heavy (non-hydrogen) atoms. The van der Waals surface area contributed by atoms with E-state index in [1.165, 1.54) is 12.7 Å². The first-order chi connectivity index (χ1) is 9.08. The van der Waals surface area contributed by atoms with Gasteiger partial charge in [-0.25, -0.2) is 0 Å². The second-order valence-corrected chi connectivity index (χ2v) is 4.44. The van der Waals surface area contributed by atoms with Crippen LogP contribution in [0.3, 0.4) is 0 Å². The largest absolute Gasteiger partial charge is 0.481 e. The Morgan fingerprint density at radius 1 is 1.11 bits per heavy atom. The number of aromatic nitrogens is 2. The van der Waals surface area contributed by atoms with Gasteiger partial charge in [-0.1, -0.05) is 26.0 Å². The van der Waals surface area contributed by atoms with E-state index in [2.05, 4.69) is 29.9 Å². The molecule has 0 amide bonds. The fourth-order valence-corrected chi connectivity index (χ4v) is 1.64. The van der Waals surface area contributed by atoms with Crippen molar-refractivity contribution in [2.75, 3.05) is 12.8 Å². The number of hydrogen-bond donors (Lipinski definition) is 1. The second-order valence-electron chi connectivity index (χ2n) is 4.44. The number of anilines is 1. The number of nitrogens with zero attached hydrogens (tertiary/aromatic N) is 2. The molecule has 0 fully saturated rings. The topological polar surface area (TPSA) is 70.3 Å². The SMILES string of the molecule is COc1cc(Oc2cccc(C(C)C)c2)nc(N)n1. The van der Waals surface area contributed by atoms with Gasteiger partial charge in [-0.3, -0.25) is 0 Å². The van der Waals surface area contributed by atoms with Crippen LogP contribution in [0.4, 0.5) is 5.95 Å². The molecule has 5 heteroatoms. The van der Waals surface area contributed by atoms with Gasteiger partial charge in [-0.05, 0) is 23.6 Å². The van der Waals surface area contributed by atoms with Gasteiger partial charge in [0.2, 0.25) is 17.7 Å². The molecule has 2 rings (SSSR count). The van der Waals surface area contributed by atoms with Crippen molar-refractivity contribution >= 4 is 5.95 Å². The van der Waals surface area contributed by atoms with Crippen LogP contribution in [-0.2, 0) is 0 Å². The lowest BCUT2D eigenvalue weighted by molar-refractivity contribution is 0.389. The van der Waals surface area contributed by atoms with Crippen LogP contribution < -0.4 is 15.2 Å². The third-order valence-electron chi connectivity index (χ3n) is 2.65. The van der Waals surface area contributed by atoms with E-state index in [1.54, 1.807) is 6.07 Å². The molecule has 0 radical (unpaired) electrons. The van der Waals surface area contributed by atoms with Crippen LogP contribution in [-0.4, -0.2) is 17.1 Å². The molecule has 2 N–H and O–H groups in total. The first kappa shape index (κ1) is 13.1. The fraction of sp³-hybridized carbons (Fsp3) is 0.286. The Hall–Kier alpha value is -2.30. The number of rotatable bonds is 4. The van der Waals surface area contributed by atoms with Crippen LogP contribution in [0, 0.1) is 0 Å². The van der Waals surface area contributed by atoms with E-state index in [0.717, 1.165) is 0 Å². The summed E-state index contributed by atoms with van der Waals surface area (Å²) in [5.74, 6) is 2.02. The Bertz CT molecular complexity index is 570. The van der Waals surface area contributed by atoms with Crippen LogP contribution in [0.5, 0.6) is 17.5 Å². The van der Waals surface area contributed by atoms with E-state index < -0.39 is 0 Å². The Morgan fingerprint density at radius 2 is 1.84 bits per heavy atom. The molecule has 0 saturated heterocycles. The zero-order valence-corrected chi connectivity index (χ0v) is 11.3. The highest BCUT2D eigenvalue weighted by atomic mass is 16.5. The first-order valence-electron chi connectivity index (χ1n) is 6.05. The van der Waals surface area contributed by atoms with Gasteiger partial charge < -0.3 is 15.2 Å². The Morgan fingerprint density at radius 3 is 2.53 bits per heavy atom. The number of methoxy groups -OCH3 is 1. The number of benzene rings is 1. The van der Waals surface area contributed by atoms with Crippen LogP contribution in [0.15, 0.2) is 30.3 Å². The molecule has 0 unspecified atom stereocenters. The van der Waals surface area contributed by atoms with Crippen molar-refractivity contribution in [1.82, 2.24) is 9.97 Å². The predicted molar refractivity (Wildman–Crippen MR) is 73.6 cm³/mol. The van der Waals surface area contributed by atoms with Gasteiger partial charge in [0.25, 0.3) is 0 Å². The molecule has 5 nitrogen and oxygen atoms in total. The molecule has 1 aromatic carbocycles. The zero-order valence-electron chi connectivity index (χ0n) is 11.3. The minimum atomic E-state index is 0.120. The summed E-state index contributed by atoms with van der Waals surface area (Å²) in [7, 11) is 1.52. The molecule has 0 aliphatic rings. The van der Waals surface area contributed by atoms with Crippen molar-refractivity contribution in [1.29, 1.82) is 0 Å². The minimum absolute atomic E-state index is 0.120. The smallest absolute Gasteiger partial charge is 0.227 e. The van der Waals surface area contributed by atoms with Crippen molar-refractivity contribution in [2.45, 2.75) is 19.8 Å². The quantitative estimate of drug-likeness (QED) is 0.914. The maximum absolute atomic E-state index is 5.68. The van der Waals surface area contributed by atoms with Gasteiger partial charge in [-0.15, -0.1) is 0 Å². The minimum Gasteiger partial charge on any atom is -0.481 e. The Labute approximate surface area is 112 Å². The third kappa shape index (κ3) is 3.34. The standard InChI is InChI=1S/C14H17N3O2/c1-9(2)10-5-4-6-11(7-10)19-13-8-12(18-3)16-14(15)17-13/h4-9H,1-3H3,(H2,15,16,17).